The van der Waals surface area contributed by atoms with Gasteiger partial charge in [0, 0.05) is 25.5 Å². The fraction of sp³-hybridized carbons (Fsp3) is 0.154. The summed E-state index contributed by atoms with van der Waals surface area (Å²) in [5.41, 5.74) is 1.26. The summed E-state index contributed by atoms with van der Waals surface area (Å²) >= 11 is 1.60. The van der Waals surface area contributed by atoms with Crippen molar-refractivity contribution < 1.29 is 4.79 Å². The largest absolute Gasteiger partial charge is 0.349 e. The summed E-state index contributed by atoms with van der Waals surface area (Å²) in [4.78, 5) is 16.9. The average Bonchev–Trinajstić information content (AvgIpc) is 3.20. The van der Waals surface area contributed by atoms with Crippen molar-refractivity contribution in [2.75, 3.05) is 6.54 Å². The molecule has 6 nitrogen and oxygen atoms in total. The molecule has 0 aliphatic heterocycles. The highest BCUT2D eigenvalue weighted by molar-refractivity contribution is 7.13. The number of rotatable bonds is 5. The predicted molar refractivity (Wildman–Crippen MR) is 76.5 cm³/mol. The van der Waals surface area contributed by atoms with Crippen molar-refractivity contribution in [3.05, 3.63) is 48.0 Å². The number of carbonyl (C=O) groups is 1. The third-order valence-electron chi connectivity index (χ3n) is 2.81. The zero-order valence-electron chi connectivity index (χ0n) is 10.6. The molecule has 3 aromatic heterocycles. The molecule has 0 aromatic carbocycles. The van der Waals surface area contributed by atoms with Gasteiger partial charge >= 0.3 is 0 Å². The van der Waals surface area contributed by atoms with Crippen molar-refractivity contribution in [3.63, 3.8) is 0 Å². The number of nitrogens with one attached hydrogen (secondary N) is 2. The Morgan fingerprint density at radius 2 is 2.45 bits per heavy atom. The summed E-state index contributed by atoms with van der Waals surface area (Å²) in [5, 5.41) is 11.7. The van der Waals surface area contributed by atoms with E-state index in [1.165, 1.54) is 0 Å². The Morgan fingerprint density at radius 3 is 3.20 bits per heavy atom. The van der Waals surface area contributed by atoms with Gasteiger partial charge in [-0.05, 0) is 17.5 Å². The number of imidazole rings is 1. The fourth-order valence-corrected chi connectivity index (χ4v) is 2.50. The molecule has 7 heteroatoms. The second-order valence-electron chi connectivity index (χ2n) is 4.20. The second-order valence-corrected chi connectivity index (χ2v) is 5.15. The molecule has 0 unspecified atom stereocenters. The van der Waals surface area contributed by atoms with Crippen LogP contribution in [0.15, 0.2) is 42.3 Å². The molecule has 3 rings (SSSR count). The van der Waals surface area contributed by atoms with Gasteiger partial charge in [0.2, 0.25) is 0 Å². The van der Waals surface area contributed by atoms with Crippen molar-refractivity contribution in [1.82, 2.24) is 25.1 Å². The van der Waals surface area contributed by atoms with Crippen LogP contribution in [0.25, 0.3) is 10.6 Å². The van der Waals surface area contributed by atoms with Crippen LogP contribution in [0.4, 0.5) is 0 Å². The van der Waals surface area contributed by atoms with Crippen LogP contribution in [0.2, 0.25) is 0 Å². The molecule has 0 saturated carbocycles. The molecule has 0 bridgehead atoms. The molecule has 0 atom stereocenters. The van der Waals surface area contributed by atoms with Crippen LogP contribution in [0, 0.1) is 0 Å². The normalized spacial score (nSPS) is 10.6. The third kappa shape index (κ3) is 2.77. The summed E-state index contributed by atoms with van der Waals surface area (Å²) < 4.78 is 1.90. The standard InChI is InChI=1S/C13H13N5OS/c19-13(15-4-6-18-5-3-14-9-18)11-8-10(16-17-11)12-2-1-7-20-12/h1-3,5,7-9H,4,6H2,(H,15,19)(H,16,17). The highest BCUT2D eigenvalue weighted by atomic mass is 32.1. The van der Waals surface area contributed by atoms with E-state index in [2.05, 4.69) is 20.5 Å². The quantitative estimate of drug-likeness (QED) is 0.751. The number of carbonyl (C=O) groups excluding carboxylic acids is 1. The molecule has 102 valence electrons. The van der Waals surface area contributed by atoms with Gasteiger partial charge in [-0.25, -0.2) is 4.98 Å². The minimum atomic E-state index is -0.177. The van der Waals surface area contributed by atoms with Crippen LogP contribution >= 0.6 is 11.3 Å². The molecule has 20 heavy (non-hydrogen) atoms. The fourth-order valence-electron chi connectivity index (χ4n) is 1.80. The maximum absolute atomic E-state index is 11.9. The minimum absolute atomic E-state index is 0.177. The molecule has 0 aliphatic rings. The lowest BCUT2D eigenvalue weighted by atomic mass is 10.3. The van der Waals surface area contributed by atoms with E-state index in [-0.39, 0.29) is 5.91 Å². The number of amides is 1. The Kier molecular flexibility index (Phi) is 3.60. The van der Waals surface area contributed by atoms with Gasteiger partial charge in [0.25, 0.3) is 5.91 Å². The van der Waals surface area contributed by atoms with E-state index in [1.54, 1.807) is 29.9 Å². The van der Waals surface area contributed by atoms with E-state index in [4.69, 9.17) is 0 Å². The van der Waals surface area contributed by atoms with Gasteiger partial charge in [-0.3, -0.25) is 9.89 Å². The smallest absolute Gasteiger partial charge is 0.271 e. The predicted octanol–water partition coefficient (Wildman–Crippen LogP) is 1.76. The van der Waals surface area contributed by atoms with E-state index >= 15 is 0 Å². The van der Waals surface area contributed by atoms with Crippen LogP contribution in [-0.4, -0.2) is 32.2 Å². The summed E-state index contributed by atoms with van der Waals surface area (Å²) in [6.45, 7) is 1.23. The van der Waals surface area contributed by atoms with E-state index in [1.807, 2.05) is 28.3 Å². The topological polar surface area (TPSA) is 75.6 Å². The van der Waals surface area contributed by atoms with E-state index in [9.17, 15) is 4.79 Å². The Balaban J connectivity index is 1.57. The van der Waals surface area contributed by atoms with Gasteiger partial charge in [0.05, 0.1) is 16.9 Å². The number of hydrogen-bond acceptors (Lipinski definition) is 4. The monoisotopic (exact) mass is 287 g/mol. The third-order valence-corrected chi connectivity index (χ3v) is 3.72. The van der Waals surface area contributed by atoms with Crippen molar-refractivity contribution in [1.29, 1.82) is 0 Å². The molecule has 0 spiro atoms. The zero-order chi connectivity index (χ0) is 13.8. The molecule has 0 aliphatic carbocycles. The Hall–Kier alpha value is -2.41. The first-order chi connectivity index (χ1) is 9.83. The maximum atomic E-state index is 11.9. The van der Waals surface area contributed by atoms with E-state index < -0.39 is 0 Å². The lowest BCUT2D eigenvalue weighted by Gasteiger charge is -2.03. The molecule has 1 amide bonds. The summed E-state index contributed by atoms with van der Waals surface area (Å²) in [6, 6.07) is 5.71. The summed E-state index contributed by atoms with van der Waals surface area (Å²) in [6.07, 6.45) is 5.29. The molecule has 3 aromatic rings. The zero-order valence-corrected chi connectivity index (χ0v) is 11.4. The average molecular weight is 287 g/mol. The molecule has 0 saturated heterocycles. The summed E-state index contributed by atoms with van der Waals surface area (Å²) in [5.74, 6) is -0.177. The first-order valence-corrected chi connectivity index (χ1v) is 7.04. The highest BCUT2D eigenvalue weighted by Gasteiger charge is 2.11. The highest BCUT2D eigenvalue weighted by Crippen LogP contribution is 2.22. The Bertz CT molecular complexity index is 672. The van der Waals surface area contributed by atoms with Crippen molar-refractivity contribution in [3.8, 4) is 10.6 Å². The van der Waals surface area contributed by atoms with Gasteiger partial charge in [0.1, 0.15) is 0 Å². The molecule has 0 fully saturated rings. The first kappa shape index (κ1) is 12.6. The number of H-pyrrole nitrogens is 1. The van der Waals surface area contributed by atoms with Gasteiger partial charge in [0.15, 0.2) is 5.69 Å². The number of nitrogens with zero attached hydrogens (tertiary/aromatic N) is 3. The van der Waals surface area contributed by atoms with Gasteiger partial charge in [-0.15, -0.1) is 11.3 Å². The van der Waals surface area contributed by atoms with Crippen LogP contribution in [-0.2, 0) is 6.54 Å². The Labute approximate surface area is 119 Å². The van der Waals surface area contributed by atoms with Gasteiger partial charge in [-0.1, -0.05) is 6.07 Å². The lowest BCUT2D eigenvalue weighted by molar-refractivity contribution is 0.0947. The summed E-state index contributed by atoms with van der Waals surface area (Å²) in [7, 11) is 0. The Morgan fingerprint density at radius 1 is 1.50 bits per heavy atom. The lowest BCUT2D eigenvalue weighted by Crippen LogP contribution is -2.27. The molecular weight excluding hydrogens is 274 g/mol. The molecule has 0 radical (unpaired) electrons. The SMILES string of the molecule is O=C(NCCn1ccnc1)c1cc(-c2cccs2)[nH]n1. The number of aromatic amines is 1. The number of hydrogen-bond donors (Lipinski definition) is 2. The van der Waals surface area contributed by atoms with E-state index in [0.29, 0.717) is 18.8 Å². The molecule has 2 N–H and O–H groups in total. The molecular formula is C13H13N5OS. The van der Waals surface area contributed by atoms with Crippen LogP contribution in [0.3, 0.4) is 0 Å². The first-order valence-electron chi connectivity index (χ1n) is 6.16. The van der Waals surface area contributed by atoms with Gasteiger partial charge in [-0.2, -0.15) is 5.10 Å². The van der Waals surface area contributed by atoms with Crippen molar-refractivity contribution in [2.24, 2.45) is 0 Å². The van der Waals surface area contributed by atoms with Crippen molar-refractivity contribution in [2.45, 2.75) is 6.54 Å². The number of thiophene rings is 1. The van der Waals surface area contributed by atoms with Crippen LogP contribution in [0.1, 0.15) is 10.5 Å². The maximum Gasteiger partial charge on any atom is 0.271 e. The number of aromatic nitrogens is 4. The van der Waals surface area contributed by atoms with Crippen molar-refractivity contribution >= 4 is 17.2 Å². The second kappa shape index (κ2) is 5.70. The van der Waals surface area contributed by atoms with Crippen LogP contribution < -0.4 is 5.32 Å². The van der Waals surface area contributed by atoms with Crippen LogP contribution in [0.5, 0.6) is 0 Å². The van der Waals surface area contributed by atoms with Gasteiger partial charge < -0.3 is 9.88 Å². The van der Waals surface area contributed by atoms with E-state index in [0.717, 1.165) is 10.6 Å². The molecule has 3 heterocycles. The minimum Gasteiger partial charge on any atom is -0.349 e.